The third-order valence-corrected chi connectivity index (χ3v) is 4.41. The minimum absolute atomic E-state index is 0.0895. The standard InChI is InChI=1S/C20H20F3NO3/c1-26-10-9-18(25)24-12-14-11-13-5-4-7-16(19(13)27-14)15-6-2-3-8-17(15)20(21,22)23/h2-8,14H,9-12H2,1H3,(H,24,25)/t14-/m0/s1. The van der Waals surface area contributed by atoms with Gasteiger partial charge in [-0.15, -0.1) is 0 Å². The first-order chi connectivity index (χ1) is 12.9. The van der Waals surface area contributed by atoms with Gasteiger partial charge in [0.25, 0.3) is 0 Å². The highest BCUT2D eigenvalue weighted by Gasteiger charge is 2.35. The summed E-state index contributed by atoms with van der Waals surface area (Å²) < 4.78 is 50.9. The molecule has 0 radical (unpaired) electrons. The first kappa shape index (κ1) is 19.2. The van der Waals surface area contributed by atoms with Crippen molar-refractivity contribution in [2.24, 2.45) is 0 Å². The molecule has 2 aromatic rings. The molecule has 0 fully saturated rings. The summed E-state index contributed by atoms with van der Waals surface area (Å²) in [6.07, 6.45) is -3.99. The van der Waals surface area contributed by atoms with Gasteiger partial charge >= 0.3 is 6.18 Å². The van der Waals surface area contributed by atoms with Crippen molar-refractivity contribution in [3.05, 3.63) is 53.6 Å². The number of nitrogens with one attached hydrogen (secondary N) is 1. The lowest BCUT2D eigenvalue weighted by molar-refractivity contribution is -0.137. The summed E-state index contributed by atoms with van der Waals surface area (Å²) in [5.74, 6) is 0.296. The van der Waals surface area contributed by atoms with Crippen molar-refractivity contribution in [3.8, 4) is 16.9 Å². The summed E-state index contributed by atoms with van der Waals surface area (Å²) in [4.78, 5) is 11.7. The molecule has 1 atom stereocenters. The number of halogens is 3. The molecule has 2 aromatic carbocycles. The molecule has 0 aliphatic carbocycles. The SMILES string of the molecule is COCCC(=O)NC[C@@H]1Cc2cccc(-c3ccccc3C(F)(F)F)c2O1. The second-order valence-electron chi connectivity index (χ2n) is 6.33. The number of hydrogen-bond acceptors (Lipinski definition) is 3. The zero-order valence-corrected chi connectivity index (χ0v) is 14.8. The molecule has 4 nitrogen and oxygen atoms in total. The number of amides is 1. The maximum absolute atomic E-state index is 13.4. The lowest BCUT2D eigenvalue weighted by Gasteiger charge is -2.16. The Morgan fingerprint density at radius 3 is 2.67 bits per heavy atom. The lowest BCUT2D eigenvalue weighted by atomic mass is 9.96. The average Bonchev–Trinajstić information content (AvgIpc) is 3.07. The summed E-state index contributed by atoms with van der Waals surface area (Å²) in [6, 6.07) is 10.6. The van der Waals surface area contributed by atoms with Crippen LogP contribution in [0.2, 0.25) is 0 Å². The van der Waals surface area contributed by atoms with Crippen molar-refractivity contribution in [2.45, 2.75) is 25.1 Å². The second-order valence-corrected chi connectivity index (χ2v) is 6.33. The highest BCUT2D eigenvalue weighted by atomic mass is 19.4. The molecule has 0 saturated carbocycles. The Balaban J connectivity index is 1.79. The molecule has 7 heteroatoms. The van der Waals surface area contributed by atoms with E-state index in [1.54, 1.807) is 18.2 Å². The van der Waals surface area contributed by atoms with Crippen molar-refractivity contribution in [2.75, 3.05) is 20.3 Å². The molecule has 1 N–H and O–H groups in total. The Morgan fingerprint density at radius 2 is 1.93 bits per heavy atom. The molecule has 0 aromatic heterocycles. The molecule has 1 amide bonds. The van der Waals surface area contributed by atoms with Crippen LogP contribution in [0.5, 0.6) is 5.75 Å². The maximum Gasteiger partial charge on any atom is 0.417 e. The molecule has 3 rings (SSSR count). The number of carbonyl (C=O) groups is 1. The van der Waals surface area contributed by atoms with E-state index in [9.17, 15) is 18.0 Å². The van der Waals surface area contributed by atoms with Gasteiger partial charge in [-0.3, -0.25) is 4.79 Å². The fourth-order valence-corrected chi connectivity index (χ4v) is 3.14. The fourth-order valence-electron chi connectivity index (χ4n) is 3.14. The highest BCUT2D eigenvalue weighted by molar-refractivity contribution is 5.77. The number of benzene rings is 2. The van der Waals surface area contributed by atoms with Crippen LogP contribution < -0.4 is 10.1 Å². The molecule has 1 aliphatic heterocycles. The highest BCUT2D eigenvalue weighted by Crippen LogP contribution is 2.43. The van der Waals surface area contributed by atoms with E-state index in [0.717, 1.165) is 11.6 Å². The molecular formula is C20H20F3NO3. The third kappa shape index (κ3) is 4.42. The van der Waals surface area contributed by atoms with Crippen LogP contribution in [0, 0.1) is 0 Å². The Hall–Kier alpha value is -2.54. The molecule has 0 unspecified atom stereocenters. The van der Waals surface area contributed by atoms with Crippen molar-refractivity contribution < 1.29 is 27.4 Å². The number of carbonyl (C=O) groups excluding carboxylic acids is 1. The van der Waals surface area contributed by atoms with E-state index in [2.05, 4.69) is 5.32 Å². The number of hydrogen-bond donors (Lipinski definition) is 1. The van der Waals surface area contributed by atoms with E-state index in [1.165, 1.54) is 19.2 Å². The van der Waals surface area contributed by atoms with Crippen molar-refractivity contribution in [1.29, 1.82) is 0 Å². The summed E-state index contributed by atoms with van der Waals surface area (Å²) in [6.45, 7) is 0.619. The zero-order chi connectivity index (χ0) is 19.4. The van der Waals surface area contributed by atoms with Crippen LogP contribution >= 0.6 is 0 Å². The third-order valence-electron chi connectivity index (χ3n) is 4.41. The van der Waals surface area contributed by atoms with Crippen LogP contribution in [0.15, 0.2) is 42.5 Å². The van der Waals surface area contributed by atoms with Gasteiger partial charge in [0, 0.05) is 25.5 Å². The smallest absolute Gasteiger partial charge is 0.417 e. The van der Waals surface area contributed by atoms with Crippen molar-refractivity contribution in [3.63, 3.8) is 0 Å². The monoisotopic (exact) mass is 379 g/mol. The van der Waals surface area contributed by atoms with Crippen LogP contribution in [0.1, 0.15) is 17.5 Å². The average molecular weight is 379 g/mol. The van der Waals surface area contributed by atoms with Gasteiger partial charge in [0.15, 0.2) is 0 Å². The second kappa shape index (κ2) is 8.00. The van der Waals surface area contributed by atoms with Crippen LogP contribution in [0.4, 0.5) is 13.2 Å². The first-order valence-corrected chi connectivity index (χ1v) is 8.61. The molecular weight excluding hydrogens is 359 g/mol. The van der Waals surface area contributed by atoms with Gasteiger partial charge in [0.1, 0.15) is 11.9 Å². The number of rotatable bonds is 6. The van der Waals surface area contributed by atoms with Gasteiger partial charge in [0.05, 0.1) is 18.7 Å². The Labute approximate surface area is 155 Å². The van der Waals surface area contributed by atoms with Gasteiger partial charge < -0.3 is 14.8 Å². The molecule has 1 aliphatic rings. The molecule has 144 valence electrons. The van der Waals surface area contributed by atoms with Crippen LogP contribution in [-0.4, -0.2) is 32.3 Å². The van der Waals surface area contributed by atoms with Crippen molar-refractivity contribution >= 4 is 5.91 Å². The van der Waals surface area contributed by atoms with Gasteiger partial charge in [-0.25, -0.2) is 0 Å². The summed E-state index contributed by atoms with van der Waals surface area (Å²) in [5, 5.41) is 2.77. The summed E-state index contributed by atoms with van der Waals surface area (Å²) >= 11 is 0. The number of alkyl halides is 3. The van der Waals surface area contributed by atoms with E-state index >= 15 is 0 Å². The molecule has 1 heterocycles. The first-order valence-electron chi connectivity index (χ1n) is 8.61. The lowest BCUT2D eigenvalue weighted by Crippen LogP contribution is -2.34. The van der Waals surface area contributed by atoms with E-state index < -0.39 is 11.7 Å². The number of methoxy groups -OCH3 is 1. The Morgan fingerprint density at radius 1 is 1.19 bits per heavy atom. The normalized spacial score (nSPS) is 15.9. The largest absolute Gasteiger partial charge is 0.487 e. The fraction of sp³-hybridized carbons (Fsp3) is 0.350. The van der Waals surface area contributed by atoms with Crippen LogP contribution in [0.3, 0.4) is 0 Å². The zero-order valence-electron chi connectivity index (χ0n) is 14.8. The van der Waals surface area contributed by atoms with E-state index in [-0.39, 0.29) is 30.5 Å². The quantitative estimate of drug-likeness (QED) is 0.830. The van der Waals surface area contributed by atoms with E-state index in [4.69, 9.17) is 9.47 Å². The van der Waals surface area contributed by atoms with Crippen LogP contribution in [-0.2, 0) is 22.1 Å². The summed E-state index contributed by atoms with van der Waals surface area (Å²) in [5.41, 5.74) is 0.638. The molecule has 27 heavy (non-hydrogen) atoms. The van der Waals surface area contributed by atoms with E-state index in [0.29, 0.717) is 24.3 Å². The number of para-hydroxylation sites is 1. The van der Waals surface area contributed by atoms with Gasteiger partial charge in [-0.05, 0) is 17.2 Å². The minimum Gasteiger partial charge on any atom is -0.487 e. The topological polar surface area (TPSA) is 47.6 Å². The van der Waals surface area contributed by atoms with Gasteiger partial charge in [-0.2, -0.15) is 13.2 Å². The predicted octanol–water partition coefficient (Wildman–Crippen LogP) is 3.83. The van der Waals surface area contributed by atoms with E-state index in [1.807, 2.05) is 6.07 Å². The maximum atomic E-state index is 13.4. The molecule has 0 saturated heterocycles. The van der Waals surface area contributed by atoms with Gasteiger partial charge in [0.2, 0.25) is 5.91 Å². The van der Waals surface area contributed by atoms with Gasteiger partial charge in [-0.1, -0.05) is 36.4 Å². The number of fused-ring (bicyclic) bond motifs is 1. The summed E-state index contributed by atoms with van der Waals surface area (Å²) in [7, 11) is 1.52. The molecule has 0 bridgehead atoms. The number of ether oxygens (including phenoxy) is 2. The Bertz CT molecular complexity index is 820. The molecule has 0 spiro atoms. The van der Waals surface area contributed by atoms with Crippen LogP contribution in [0.25, 0.3) is 11.1 Å². The Kier molecular flexibility index (Phi) is 5.70. The predicted molar refractivity (Wildman–Crippen MR) is 94.5 cm³/mol. The minimum atomic E-state index is -4.45. The van der Waals surface area contributed by atoms with Crippen molar-refractivity contribution in [1.82, 2.24) is 5.32 Å².